The maximum Gasteiger partial charge on any atom is 0.329 e. The van der Waals surface area contributed by atoms with Gasteiger partial charge in [-0.05, 0) is 61.7 Å². The number of carbonyl (C=O) groups is 2. The third kappa shape index (κ3) is 8.37. The van der Waals surface area contributed by atoms with Crippen LogP contribution in [0, 0.1) is 5.92 Å². The largest absolute Gasteiger partial charge is 0.459 e. The lowest BCUT2D eigenvalue weighted by Gasteiger charge is -2.36. The van der Waals surface area contributed by atoms with Crippen LogP contribution in [-0.2, 0) is 33.0 Å². The van der Waals surface area contributed by atoms with Crippen molar-refractivity contribution in [3.63, 3.8) is 0 Å². The normalized spacial score (nSPS) is 11.9. The van der Waals surface area contributed by atoms with Gasteiger partial charge < -0.3 is 9.64 Å². The number of hydrogen-bond donors (Lipinski definition) is 0. The number of ether oxygens (including phenoxy) is 1. The summed E-state index contributed by atoms with van der Waals surface area (Å²) in [4.78, 5) is 29.2. The predicted molar refractivity (Wildman–Crippen MR) is 228 cm³/mol. The lowest BCUT2D eigenvalue weighted by Crippen LogP contribution is -2.48. The van der Waals surface area contributed by atoms with Gasteiger partial charge in [0.1, 0.15) is 18.2 Å². The zero-order valence-electron chi connectivity index (χ0n) is 33.3. The SMILES string of the molecule is CCCCC(=O)N(Cc1ccc(-c2ccccc2-c2nnnn2C(c2ccccc2)(c2ccccc2)c2ccccc2)cc1)[C@H](C(=O)OCc1ccccc1)C(C)C. The maximum atomic E-state index is 13.8. The number of benzene rings is 6. The lowest BCUT2D eigenvalue weighted by molar-refractivity contribution is -0.159. The van der Waals surface area contributed by atoms with Crippen LogP contribution in [0.2, 0.25) is 0 Å². The van der Waals surface area contributed by atoms with Gasteiger partial charge >= 0.3 is 5.97 Å². The summed E-state index contributed by atoms with van der Waals surface area (Å²) in [6, 6.07) is 56.3. The van der Waals surface area contributed by atoms with Crippen LogP contribution < -0.4 is 0 Å². The van der Waals surface area contributed by atoms with Crippen molar-refractivity contribution in [2.24, 2.45) is 5.92 Å². The van der Waals surface area contributed by atoms with Crippen LogP contribution in [0.15, 0.2) is 170 Å². The Morgan fingerprint density at radius 3 is 1.71 bits per heavy atom. The second-order valence-corrected chi connectivity index (χ2v) is 14.9. The van der Waals surface area contributed by atoms with Crippen LogP contribution in [0.4, 0.5) is 0 Å². The molecule has 8 heteroatoms. The number of rotatable bonds is 16. The van der Waals surface area contributed by atoms with E-state index in [1.165, 1.54) is 0 Å². The van der Waals surface area contributed by atoms with Crippen LogP contribution in [0.25, 0.3) is 22.5 Å². The monoisotopic (exact) mass is 767 g/mol. The van der Waals surface area contributed by atoms with Gasteiger partial charge in [0, 0.05) is 18.5 Å². The Morgan fingerprint density at radius 1 is 0.655 bits per heavy atom. The van der Waals surface area contributed by atoms with E-state index in [4.69, 9.17) is 15.0 Å². The Labute approximate surface area is 341 Å². The van der Waals surface area contributed by atoms with E-state index in [0.29, 0.717) is 12.2 Å². The van der Waals surface area contributed by atoms with E-state index in [-0.39, 0.29) is 25.0 Å². The number of esters is 1. The first-order chi connectivity index (χ1) is 28.4. The van der Waals surface area contributed by atoms with E-state index >= 15 is 0 Å². The van der Waals surface area contributed by atoms with E-state index in [0.717, 1.165) is 57.3 Å². The lowest BCUT2D eigenvalue weighted by atomic mass is 9.77. The Hall–Kier alpha value is -6.67. The molecule has 0 spiro atoms. The van der Waals surface area contributed by atoms with Crippen molar-refractivity contribution < 1.29 is 14.3 Å². The van der Waals surface area contributed by atoms with Crippen LogP contribution in [0.1, 0.15) is 67.9 Å². The highest BCUT2D eigenvalue weighted by Crippen LogP contribution is 2.43. The Bertz CT molecular complexity index is 2280. The molecule has 0 aliphatic heterocycles. The van der Waals surface area contributed by atoms with Crippen molar-refractivity contribution in [1.29, 1.82) is 0 Å². The number of hydrogen-bond acceptors (Lipinski definition) is 6. The average molecular weight is 768 g/mol. The van der Waals surface area contributed by atoms with Crippen molar-refractivity contribution in [1.82, 2.24) is 25.1 Å². The summed E-state index contributed by atoms with van der Waals surface area (Å²) >= 11 is 0. The van der Waals surface area contributed by atoms with Crippen LogP contribution in [0.5, 0.6) is 0 Å². The zero-order chi connectivity index (χ0) is 40.3. The van der Waals surface area contributed by atoms with Crippen LogP contribution in [-0.4, -0.2) is 43.0 Å². The standard InChI is InChI=1S/C50H49N5O3/c1-4-5-30-46(56)54(47(37(2)3)49(57)58-36-39-20-10-6-11-21-39)35-38-31-33-40(34-32-38)44-28-18-19-29-45(44)48-51-52-53-55(48)50(41-22-12-7-13-23-41,42-24-14-8-15-25-42)43-26-16-9-17-27-43/h6-29,31-34,37,47H,4-5,30,35-36H2,1-3H3/t47-/m0/s1. The van der Waals surface area contributed by atoms with Gasteiger partial charge in [0.25, 0.3) is 0 Å². The molecular weight excluding hydrogens is 719 g/mol. The molecule has 0 N–H and O–H groups in total. The number of aromatic nitrogens is 4. The molecule has 0 bridgehead atoms. The molecule has 8 nitrogen and oxygen atoms in total. The Balaban J connectivity index is 1.25. The predicted octanol–water partition coefficient (Wildman–Crippen LogP) is 10.1. The number of tetrazole rings is 1. The molecule has 1 heterocycles. The molecule has 0 aliphatic carbocycles. The van der Waals surface area contributed by atoms with Crippen molar-refractivity contribution in [3.8, 4) is 22.5 Å². The Morgan fingerprint density at radius 2 is 1.17 bits per heavy atom. The molecule has 0 saturated heterocycles. The van der Waals surface area contributed by atoms with Gasteiger partial charge in [-0.2, -0.15) is 0 Å². The smallest absolute Gasteiger partial charge is 0.329 e. The molecule has 1 aromatic heterocycles. The first kappa shape index (κ1) is 39.6. The number of amides is 1. The minimum absolute atomic E-state index is 0.0581. The third-order valence-corrected chi connectivity index (χ3v) is 10.6. The summed E-state index contributed by atoms with van der Waals surface area (Å²) in [6.07, 6.45) is 1.99. The molecule has 7 aromatic rings. The maximum absolute atomic E-state index is 13.8. The van der Waals surface area contributed by atoms with Gasteiger partial charge in [-0.1, -0.05) is 197 Å². The van der Waals surface area contributed by atoms with Crippen molar-refractivity contribution in [2.45, 2.75) is 64.8 Å². The van der Waals surface area contributed by atoms with E-state index < -0.39 is 17.6 Å². The fourth-order valence-corrected chi connectivity index (χ4v) is 7.79. The Kier molecular flexibility index (Phi) is 12.6. The first-order valence-electron chi connectivity index (χ1n) is 20.1. The number of unbranched alkanes of at least 4 members (excludes halogenated alkanes) is 1. The molecule has 292 valence electrons. The summed E-state index contributed by atoms with van der Waals surface area (Å²) < 4.78 is 7.76. The molecule has 1 atom stereocenters. The van der Waals surface area contributed by atoms with Crippen LogP contribution in [0.3, 0.4) is 0 Å². The highest BCUT2D eigenvalue weighted by atomic mass is 16.5. The molecule has 1 amide bonds. The summed E-state index contributed by atoms with van der Waals surface area (Å²) in [7, 11) is 0. The molecule has 0 fully saturated rings. The van der Waals surface area contributed by atoms with E-state index in [1.807, 2.05) is 128 Å². The molecule has 0 unspecified atom stereocenters. The summed E-state index contributed by atoms with van der Waals surface area (Å²) in [6.45, 7) is 6.42. The fraction of sp³-hybridized carbons (Fsp3) is 0.220. The second kappa shape index (κ2) is 18.5. The van der Waals surface area contributed by atoms with Gasteiger partial charge in [0.05, 0.1) is 0 Å². The van der Waals surface area contributed by atoms with Gasteiger partial charge in [-0.15, -0.1) is 5.10 Å². The molecule has 0 saturated carbocycles. The fourth-order valence-electron chi connectivity index (χ4n) is 7.79. The minimum atomic E-state index is -0.900. The van der Waals surface area contributed by atoms with Crippen LogP contribution >= 0.6 is 0 Å². The topological polar surface area (TPSA) is 90.2 Å². The molecule has 6 aromatic carbocycles. The molecule has 0 radical (unpaired) electrons. The van der Waals surface area contributed by atoms with Gasteiger partial charge in [-0.25, -0.2) is 9.48 Å². The van der Waals surface area contributed by atoms with Crippen molar-refractivity contribution in [2.75, 3.05) is 0 Å². The van der Waals surface area contributed by atoms with E-state index in [2.05, 4.69) is 72.8 Å². The van der Waals surface area contributed by atoms with E-state index in [1.54, 1.807) is 4.90 Å². The summed E-state index contributed by atoms with van der Waals surface area (Å²) in [5.41, 5.74) is 6.75. The van der Waals surface area contributed by atoms with Crippen molar-refractivity contribution >= 4 is 11.9 Å². The van der Waals surface area contributed by atoms with Gasteiger partial charge in [-0.3, -0.25) is 4.79 Å². The quantitative estimate of drug-likeness (QED) is 0.0719. The average Bonchev–Trinajstić information content (AvgIpc) is 3.76. The molecule has 0 aliphatic rings. The van der Waals surface area contributed by atoms with Gasteiger partial charge in [0.2, 0.25) is 5.91 Å². The van der Waals surface area contributed by atoms with E-state index in [9.17, 15) is 9.59 Å². The number of nitrogens with zero attached hydrogens (tertiary/aromatic N) is 5. The molecular formula is C50H49N5O3. The first-order valence-corrected chi connectivity index (χ1v) is 20.1. The number of carbonyl (C=O) groups excluding carboxylic acids is 2. The molecule has 58 heavy (non-hydrogen) atoms. The minimum Gasteiger partial charge on any atom is -0.459 e. The molecule has 7 rings (SSSR count). The van der Waals surface area contributed by atoms with Crippen molar-refractivity contribution in [3.05, 3.63) is 198 Å². The summed E-state index contributed by atoms with van der Waals surface area (Å²) in [5.74, 6) is 0.000200. The summed E-state index contributed by atoms with van der Waals surface area (Å²) in [5, 5.41) is 13.8. The van der Waals surface area contributed by atoms with Gasteiger partial charge in [0.15, 0.2) is 5.82 Å². The zero-order valence-corrected chi connectivity index (χ0v) is 33.3. The third-order valence-electron chi connectivity index (χ3n) is 10.6. The second-order valence-electron chi connectivity index (χ2n) is 14.9. The highest BCUT2D eigenvalue weighted by molar-refractivity contribution is 5.85. The highest BCUT2D eigenvalue weighted by Gasteiger charge is 2.42.